The summed E-state index contributed by atoms with van der Waals surface area (Å²) in [6.07, 6.45) is 3.86. The molecule has 0 radical (unpaired) electrons. The SMILES string of the molecule is O=C(c1ccc(O)cc1F)N1C2CCC1CC(Br)C2. The third kappa shape index (κ3) is 2.24. The van der Waals surface area contributed by atoms with Gasteiger partial charge in [0.2, 0.25) is 0 Å². The Morgan fingerprint density at radius 3 is 2.53 bits per heavy atom. The summed E-state index contributed by atoms with van der Waals surface area (Å²) in [5.41, 5.74) is 0.0581. The van der Waals surface area contributed by atoms with Gasteiger partial charge in [0, 0.05) is 23.0 Å². The molecule has 0 aliphatic carbocycles. The number of benzene rings is 1. The van der Waals surface area contributed by atoms with Crippen LogP contribution in [0.2, 0.25) is 0 Å². The van der Waals surface area contributed by atoms with Crippen molar-refractivity contribution < 1.29 is 14.3 Å². The molecule has 0 saturated carbocycles. The Morgan fingerprint density at radius 2 is 1.95 bits per heavy atom. The number of nitrogens with zero attached hydrogens (tertiary/aromatic N) is 1. The predicted molar refractivity (Wildman–Crippen MR) is 73.0 cm³/mol. The fraction of sp³-hybridized carbons (Fsp3) is 0.500. The number of hydrogen-bond donors (Lipinski definition) is 1. The first kappa shape index (κ1) is 12.9. The summed E-state index contributed by atoms with van der Waals surface area (Å²) in [6.45, 7) is 0. The van der Waals surface area contributed by atoms with Gasteiger partial charge in [0.15, 0.2) is 0 Å². The topological polar surface area (TPSA) is 40.5 Å². The first-order valence-electron chi connectivity index (χ1n) is 6.51. The number of hydrogen-bond acceptors (Lipinski definition) is 2. The van der Waals surface area contributed by atoms with Crippen LogP contribution in [0.3, 0.4) is 0 Å². The van der Waals surface area contributed by atoms with Crippen LogP contribution in [0.5, 0.6) is 5.75 Å². The second-order valence-corrected chi connectivity index (χ2v) is 6.63. The second kappa shape index (κ2) is 4.78. The molecule has 102 valence electrons. The monoisotopic (exact) mass is 327 g/mol. The van der Waals surface area contributed by atoms with Crippen LogP contribution in [0.25, 0.3) is 0 Å². The molecule has 2 unspecified atom stereocenters. The van der Waals surface area contributed by atoms with Crippen LogP contribution in [0.1, 0.15) is 36.0 Å². The molecular weight excluding hydrogens is 313 g/mol. The minimum absolute atomic E-state index is 0.0581. The van der Waals surface area contributed by atoms with Gasteiger partial charge < -0.3 is 10.0 Å². The molecule has 1 N–H and O–H groups in total. The third-order valence-corrected chi connectivity index (χ3v) is 4.84. The van der Waals surface area contributed by atoms with Gasteiger partial charge in [-0.3, -0.25) is 4.79 Å². The summed E-state index contributed by atoms with van der Waals surface area (Å²) in [4.78, 5) is 14.8. The predicted octanol–water partition coefficient (Wildman–Crippen LogP) is 3.06. The molecule has 2 heterocycles. The fourth-order valence-electron chi connectivity index (χ4n) is 3.26. The van der Waals surface area contributed by atoms with Gasteiger partial charge >= 0.3 is 0 Å². The van der Waals surface area contributed by atoms with Gasteiger partial charge in [-0.2, -0.15) is 0 Å². The van der Waals surface area contributed by atoms with Crippen molar-refractivity contribution in [3.05, 3.63) is 29.6 Å². The Bertz CT molecular complexity index is 508. The fourth-order valence-corrected chi connectivity index (χ4v) is 4.12. The van der Waals surface area contributed by atoms with Gasteiger partial charge in [-0.1, -0.05) is 15.9 Å². The molecule has 0 spiro atoms. The lowest BCUT2D eigenvalue weighted by Gasteiger charge is -2.37. The molecular formula is C14H15BrFNO2. The number of amides is 1. The highest BCUT2D eigenvalue weighted by Gasteiger charge is 2.43. The maximum Gasteiger partial charge on any atom is 0.257 e. The number of carbonyl (C=O) groups excluding carboxylic acids is 1. The number of rotatable bonds is 1. The molecule has 1 amide bonds. The van der Waals surface area contributed by atoms with Crippen molar-refractivity contribution in [3.63, 3.8) is 0 Å². The number of phenols is 1. The van der Waals surface area contributed by atoms with Crippen molar-refractivity contribution in [2.24, 2.45) is 0 Å². The highest BCUT2D eigenvalue weighted by Crippen LogP contribution is 2.39. The Kier molecular flexibility index (Phi) is 3.25. The van der Waals surface area contributed by atoms with E-state index in [1.807, 2.05) is 4.90 Å². The molecule has 19 heavy (non-hydrogen) atoms. The normalized spacial score (nSPS) is 29.6. The lowest BCUT2D eigenvalue weighted by Crippen LogP contribution is -2.47. The lowest BCUT2D eigenvalue weighted by atomic mass is 10.0. The Morgan fingerprint density at radius 1 is 1.32 bits per heavy atom. The molecule has 1 aromatic rings. The van der Waals surface area contributed by atoms with Crippen LogP contribution in [0, 0.1) is 5.82 Å². The number of fused-ring (bicyclic) bond motifs is 2. The van der Waals surface area contributed by atoms with Gasteiger partial charge in [0.25, 0.3) is 5.91 Å². The average molecular weight is 328 g/mol. The maximum atomic E-state index is 13.8. The third-order valence-electron chi connectivity index (χ3n) is 4.09. The molecule has 5 heteroatoms. The first-order valence-corrected chi connectivity index (χ1v) is 7.43. The lowest BCUT2D eigenvalue weighted by molar-refractivity contribution is 0.0598. The molecule has 2 fully saturated rings. The Hall–Kier alpha value is -1.10. The molecule has 3 nitrogen and oxygen atoms in total. The number of halogens is 2. The van der Waals surface area contributed by atoms with Crippen molar-refractivity contribution in [1.29, 1.82) is 0 Å². The van der Waals surface area contributed by atoms with Gasteiger partial charge in [0.05, 0.1) is 5.56 Å². The Balaban J connectivity index is 1.88. The number of aromatic hydroxyl groups is 1. The number of carbonyl (C=O) groups is 1. The van der Waals surface area contributed by atoms with Crippen LogP contribution in [-0.2, 0) is 0 Å². The summed E-state index contributed by atoms with van der Waals surface area (Å²) in [5, 5.41) is 9.21. The zero-order valence-corrected chi connectivity index (χ0v) is 11.9. The Labute approximate surface area is 119 Å². The van der Waals surface area contributed by atoms with E-state index in [1.165, 1.54) is 12.1 Å². The van der Waals surface area contributed by atoms with E-state index in [0.29, 0.717) is 4.83 Å². The summed E-state index contributed by atoms with van der Waals surface area (Å²) in [7, 11) is 0. The van der Waals surface area contributed by atoms with Gasteiger partial charge in [0.1, 0.15) is 11.6 Å². The zero-order valence-electron chi connectivity index (χ0n) is 10.4. The van der Waals surface area contributed by atoms with E-state index in [9.17, 15) is 14.3 Å². The molecule has 2 aliphatic heterocycles. The van der Waals surface area contributed by atoms with Gasteiger partial charge in [-0.05, 0) is 37.8 Å². The van der Waals surface area contributed by atoms with Gasteiger partial charge in [-0.15, -0.1) is 0 Å². The zero-order chi connectivity index (χ0) is 13.6. The van der Waals surface area contributed by atoms with Crippen LogP contribution in [-0.4, -0.2) is 32.8 Å². The molecule has 2 atom stereocenters. The van der Waals surface area contributed by atoms with Crippen molar-refractivity contribution in [1.82, 2.24) is 4.90 Å². The molecule has 2 aliphatic rings. The van der Waals surface area contributed by atoms with E-state index < -0.39 is 5.82 Å². The van der Waals surface area contributed by atoms with E-state index in [0.717, 1.165) is 31.7 Å². The van der Waals surface area contributed by atoms with Crippen molar-refractivity contribution in [2.45, 2.75) is 42.6 Å². The van der Waals surface area contributed by atoms with E-state index in [1.54, 1.807) is 0 Å². The largest absolute Gasteiger partial charge is 0.508 e. The maximum absolute atomic E-state index is 13.8. The highest BCUT2D eigenvalue weighted by atomic mass is 79.9. The number of phenolic OH excluding ortho intramolecular Hbond substituents is 1. The van der Waals surface area contributed by atoms with E-state index in [-0.39, 0.29) is 29.3 Å². The minimum atomic E-state index is -0.648. The molecule has 2 bridgehead atoms. The molecule has 1 aromatic carbocycles. The van der Waals surface area contributed by atoms with Gasteiger partial charge in [-0.25, -0.2) is 4.39 Å². The van der Waals surface area contributed by atoms with Crippen molar-refractivity contribution in [2.75, 3.05) is 0 Å². The standard InChI is InChI=1S/C14H15BrFNO2/c15-8-5-9-1-2-10(6-8)17(9)14(19)12-4-3-11(18)7-13(12)16/h3-4,7-10,18H,1-2,5-6H2. The average Bonchev–Trinajstić information content (AvgIpc) is 2.61. The quantitative estimate of drug-likeness (QED) is 0.805. The van der Waals surface area contributed by atoms with Crippen LogP contribution < -0.4 is 0 Å². The summed E-state index contributed by atoms with van der Waals surface area (Å²) in [6, 6.07) is 4.14. The number of piperidine rings is 1. The van der Waals surface area contributed by atoms with Crippen LogP contribution in [0.4, 0.5) is 4.39 Å². The van der Waals surface area contributed by atoms with Crippen molar-refractivity contribution >= 4 is 21.8 Å². The van der Waals surface area contributed by atoms with Crippen LogP contribution >= 0.6 is 15.9 Å². The highest BCUT2D eigenvalue weighted by molar-refractivity contribution is 9.09. The van der Waals surface area contributed by atoms with E-state index in [2.05, 4.69) is 15.9 Å². The molecule has 0 aromatic heterocycles. The minimum Gasteiger partial charge on any atom is -0.508 e. The summed E-state index contributed by atoms with van der Waals surface area (Å²) in [5.74, 6) is -1.05. The second-order valence-electron chi connectivity index (χ2n) is 5.33. The van der Waals surface area contributed by atoms with Crippen molar-refractivity contribution in [3.8, 4) is 5.75 Å². The van der Waals surface area contributed by atoms with Crippen LogP contribution in [0.15, 0.2) is 18.2 Å². The summed E-state index contributed by atoms with van der Waals surface area (Å²) >= 11 is 3.62. The number of alkyl halides is 1. The molecule has 3 rings (SSSR count). The van der Waals surface area contributed by atoms with E-state index >= 15 is 0 Å². The first-order chi connectivity index (χ1) is 9.06. The molecule has 2 saturated heterocycles. The smallest absolute Gasteiger partial charge is 0.257 e. The van der Waals surface area contributed by atoms with E-state index in [4.69, 9.17) is 0 Å². The summed E-state index contributed by atoms with van der Waals surface area (Å²) < 4.78 is 13.8.